The highest BCUT2D eigenvalue weighted by atomic mass is 16.5. The third-order valence-electron chi connectivity index (χ3n) is 4.19. The highest BCUT2D eigenvalue weighted by molar-refractivity contribution is 5.92. The molecule has 0 spiro atoms. The molecule has 0 bridgehead atoms. The molecule has 1 saturated heterocycles. The fourth-order valence-corrected chi connectivity index (χ4v) is 2.80. The number of aromatic nitrogens is 1. The Hall–Kier alpha value is -1.89. The van der Waals surface area contributed by atoms with Crippen molar-refractivity contribution in [1.29, 1.82) is 0 Å². The lowest BCUT2D eigenvalue weighted by atomic mass is 9.94. The first-order valence-electron chi connectivity index (χ1n) is 9.31. The van der Waals surface area contributed by atoms with Crippen LogP contribution < -0.4 is 5.32 Å². The zero-order chi connectivity index (χ0) is 19.3. The van der Waals surface area contributed by atoms with Crippen molar-refractivity contribution in [3.05, 3.63) is 17.5 Å². The average Bonchev–Trinajstić information content (AvgIpc) is 3.22. The van der Waals surface area contributed by atoms with E-state index in [0.29, 0.717) is 24.8 Å². The molecule has 2 heterocycles. The summed E-state index contributed by atoms with van der Waals surface area (Å²) >= 11 is 0. The molecular formula is C19H31N3O4. The van der Waals surface area contributed by atoms with Crippen LogP contribution in [0.2, 0.25) is 0 Å². The van der Waals surface area contributed by atoms with Crippen molar-refractivity contribution in [2.75, 3.05) is 19.7 Å². The zero-order valence-electron chi connectivity index (χ0n) is 16.5. The van der Waals surface area contributed by atoms with Crippen molar-refractivity contribution in [2.24, 2.45) is 11.3 Å². The molecule has 0 radical (unpaired) electrons. The molecule has 1 atom stereocenters. The molecule has 0 saturated carbocycles. The third kappa shape index (κ3) is 5.83. The van der Waals surface area contributed by atoms with Gasteiger partial charge in [0.25, 0.3) is 5.91 Å². The van der Waals surface area contributed by atoms with Gasteiger partial charge >= 0.3 is 0 Å². The number of carbonyl (C=O) groups is 2. The maximum absolute atomic E-state index is 12.8. The van der Waals surface area contributed by atoms with Crippen LogP contribution in [0.3, 0.4) is 0 Å². The number of ether oxygens (including phenoxy) is 1. The van der Waals surface area contributed by atoms with Gasteiger partial charge in [-0.25, -0.2) is 0 Å². The molecule has 1 fully saturated rings. The first-order chi connectivity index (χ1) is 12.2. The maximum atomic E-state index is 12.8. The van der Waals surface area contributed by atoms with Gasteiger partial charge in [0.05, 0.1) is 12.6 Å². The summed E-state index contributed by atoms with van der Waals surface area (Å²) in [7, 11) is 0. The van der Waals surface area contributed by atoms with E-state index in [0.717, 1.165) is 19.4 Å². The molecule has 26 heavy (non-hydrogen) atoms. The minimum absolute atomic E-state index is 0.0233. The number of nitrogens with one attached hydrogen (secondary N) is 1. The second kappa shape index (κ2) is 8.66. The van der Waals surface area contributed by atoms with Gasteiger partial charge in [0, 0.05) is 31.2 Å². The summed E-state index contributed by atoms with van der Waals surface area (Å²) in [6.45, 7) is 11.8. The van der Waals surface area contributed by atoms with Gasteiger partial charge in [-0.05, 0) is 18.8 Å². The van der Waals surface area contributed by atoms with Crippen LogP contribution in [0.25, 0.3) is 0 Å². The summed E-state index contributed by atoms with van der Waals surface area (Å²) in [5.41, 5.74) is -0.267. The largest absolute Gasteiger partial charge is 0.376 e. The Balaban J connectivity index is 2.05. The second-order valence-corrected chi connectivity index (χ2v) is 8.35. The number of rotatable bonds is 7. The summed E-state index contributed by atoms with van der Waals surface area (Å²) in [5.74, 6) is 0.614. The standard InChI is InChI=1S/C19H31N3O4/c1-13(2)10-20-17(23)16-9-15(26-21-16)12-22(18(24)19(3,4)5)11-14-7-6-8-25-14/h9,13-14H,6-8,10-12H2,1-5H3,(H,20,23). The summed E-state index contributed by atoms with van der Waals surface area (Å²) in [6.07, 6.45) is 2.02. The average molecular weight is 365 g/mol. The predicted octanol–water partition coefficient (Wildman–Crippen LogP) is 2.61. The lowest BCUT2D eigenvalue weighted by molar-refractivity contribution is -0.142. The molecule has 0 aliphatic carbocycles. The normalized spacial score (nSPS) is 17.5. The van der Waals surface area contributed by atoms with Crippen molar-refractivity contribution in [3.8, 4) is 0 Å². The predicted molar refractivity (Wildman–Crippen MR) is 97.5 cm³/mol. The fourth-order valence-electron chi connectivity index (χ4n) is 2.80. The van der Waals surface area contributed by atoms with E-state index in [1.807, 2.05) is 34.6 Å². The molecule has 1 aliphatic heterocycles. The molecule has 1 aromatic rings. The summed E-state index contributed by atoms with van der Waals surface area (Å²) in [5, 5.41) is 6.65. The Morgan fingerprint density at radius 1 is 1.38 bits per heavy atom. The molecule has 2 amide bonds. The number of hydrogen-bond acceptors (Lipinski definition) is 5. The van der Waals surface area contributed by atoms with Crippen molar-refractivity contribution in [3.63, 3.8) is 0 Å². The molecule has 7 heteroatoms. The van der Waals surface area contributed by atoms with E-state index in [1.54, 1.807) is 11.0 Å². The molecule has 2 rings (SSSR count). The maximum Gasteiger partial charge on any atom is 0.273 e. The Morgan fingerprint density at radius 3 is 2.69 bits per heavy atom. The first-order valence-corrected chi connectivity index (χ1v) is 9.31. The highest BCUT2D eigenvalue weighted by Crippen LogP contribution is 2.22. The molecular weight excluding hydrogens is 334 g/mol. The number of carbonyl (C=O) groups excluding carboxylic acids is 2. The van der Waals surface area contributed by atoms with Gasteiger partial charge in [-0.1, -0.05) is 39.8 Å². The molecule has 1 aliphatic rings. The van der Waals surface area contributed by atoms with Crippen LogP contribution in [0.5, 0.6) is 0 Å². The second-order valence-electron chi connectivity index (χ2n) is 8.35. The first kappa shape index (κ1) is 20.4. The van der Waals surface area contributed by atoms with Gasteiger partial charge in [0.1, 0.15) is 0 Å². The van der Waals surface area contributed by atoms with Crippen molar-refractivity contribution < 1.29 is 18.8 Å². The Labute approximate surface area is 155 Å². The van der Waals surface area contributed by atoms with Crippen molar-refractivity contribution in [1.82, 2.24) is 15.4 Å². The van der Waals surface area contributed by atoms with Gasteiger partial charge in [0.15, 0.2) is 11.5 Å². The van der Waals surface area contributed by atoms with E-state index >= 15 is 0 Å². The molecule has 7 nitrogen and oxygen atoms in total. The van der Waals surface area contributed by atoms with Gasteiger partial charge in [-0.2, -0.15) is 0 Å². The Kier molecular flexibility index (Phi) is 6.81. The number of amides is 2. The van der Waals surface area contributed by atoms with Crippen LogP contribution >= 0.6 is 0 Å². The van der Waals surface area contributed by atoms with Gasteiger partial charge in [0.2, 0.25) is 5.91 Å². The third-order valence-corrected chi connectivity index (χ3v) is 4.19. The topological polar surface area (TPSA) is 84.7 Å². The summed E-state index contributed by atoms with van der Waals surface area (Å²) < 4.78 is 11.0. The summed E-state index contributed by atoms with van der Waals surface area (Å²) in [4.78, 5) is 26.6. The Bertz CT molecular complexity index is 613. The van der Waals surface area contributed by atoms with E-state index in [2.05, 4.69) is 10.5 Å². The molecule has 146 valence electrons. The fraction of sp³-hybridized carbons (Fsp3) is 0.737. The zero-order valence-corrected chi connectivity index (χ0v) is 16.5. The molecule has 1 N–H and O–H groups in total. The van der Waals surface area contributed by atoms with Crippen LogP contribution in [-0.4, -0.2) is 47.7 Å². The van der Waals surface area contributed by atoms with E-state index in [4.69, 9.17) is 9.26 Å². The van der Waals surface area contributed by atoms with E-state index in [-0.39, 0.29) is 30.2 Å². The van der Waals surface area contributed by atoms with Crippen molar-refractivity contribution in [2.45, 2.75) is 60.1 Å². The van der Waals surface area contributed by atoms with E-state index in [9.17, 15) is 9.59 Å². The number of hydrogen-bond donors (Lipinski definition) is 1. The molecule has 1 aromatic heterocycles. The quantitative estimate of drug-likeness (QED) is 0.803. The van der Waals surface area contributed by atoms with Crippen LogP contribution in [0, 0.1) is 11.3 Å². The van der Waals surface area contributed by atoms with Crippen LogP contribution in [-0.2, 0) is 16.1 Å². The van der Waals surface area contributed by atoms with Crippen molar-refractivity contribution >= 4 is 11.8 Å². The lowest BCUT2D eigenvalue weighted by Gasteiger charge is -2.30. The monoisotopic (exact) mass is 365 g/mol. The molecule has 1 unspecified atom stereocenters. The smallest absolute Gasteiger partial charge is 0.273 e. The van der Waals surface area contributed by atoms with Crippen LogP contribution in [0.15, 0.2) is 10.6 Å². The number of nitrogens with zero attached hydrogens (tertiary/aromatic N) is 2. The van der Waals surface area contributed by atoms with Gasteiger partial charge in [-0.15, -0.1) is 0 Å². The van der Waals surface area contributed by atoms with E-state index < -0.39 is 5.41 Å². The van der Waals surface area contributed by atoms with Gasteiger partial charge in [-0.3, -0.25) is 9.59 Å². The van der Waals surface area contributed by atoms with E-state index in [1.165, 1.54) is 0 Å². The SMILES string of the molecule is CC(C)CNC(=O)c1cc(CN(CC2CCCO2)C(=O)C(C)(C)C)on1. The minimum atomic E-state index is -0.504. The van der Waals surface area contributed by atoms with Gasteiger partial charge < -0.3 is 19.5 Å². The summed E-state index contributed by atoms with van der Waals surface area (Å²) in [6, 6.07) is 1.61. The van der Waals surface area contributed by atoms with Crippen LogP contribution in [0.1, 0.15) is 63.7 Å². The minimum Gasteiger partial charge on any atom is -0.376 e. The molecule has 0 aromatic carbocycles. The lowest BCUT2D eigenvalue weighted by Crippen LogP contribution is -2.42. The Morgan fingerprint density at radius 2 is 2.12 bits per heavy atom. The van der Waals surface area contributed by atoms with Crippen LogP contribution in [0.4, 0.5) is 0 Å². The highest BCUT2D eigenvalue weighted by Gasteiger charge is 2.31.